The van der Waals surface area contributed by atoms with E-state index < -0.39 is 81.6 Å². The van der Waals surface area contributed by atoms with Gasteiger partial charge >= 0.3 is 5.97 Å². The Hall–Kier alpha value is -4.48. The van der Waals surface area contributed by atoms with E-state index in [4.69, 9.17) is 10.5 Å². The van der Waals surface area contributed by atoms with Crippen molar-refractivity contribution in [2.45, 2.75) is 43.9 Å². The fourth-order valence-corrected chi connectivity index (χ4v) is 6.75. The SMILES string of the molecule is Cc1ccc(CC(=O)O[C@@H]2[C@@H]3C(=C(O)c4c(O)cccc4[C@H]3C)C(=O)[C@@]3(O)C(O)=C(C(N)=O)C(=O)[C@H](N(C)C)[C@@H]23)cc1. The molecule has 1 fully saturated rings. The molecule has 0 aromatic heterocycles. The molecule has 220 valence electrons. The number of carbonyl (C=O) groups is 4. The molecule has 6 N–H and O–H groups in total. The fraction of sp³-hybridized carbons (Fsp3) is 0.355. The first-order valence-electron chi connectivity index (χ1n) is 13.4. The molecule has 6 atom stereocenters. The topological polar surface area (TPSA) is 188 Å². The number of nitrogens with two attached hydrogens (primary N) is 1. The van der Waals surface area contributed by atoms with E-state index in [0.717, 1.165) is 5.56 Å². The first-order valence-corrected chi connectivity index (χ1v) is 13.4. The van der Waals surface area contributed by atoms with Gasteiger partial charge in [0.15, 0.2) is 11.4 Å². The number of ether oxygens (including phenoxy) is 1. The number of esters is 1. The maximum absolute atomic E-state index is 14.2. The number of rotatable bonds is 5. The number of primary amides is 1. The van der Waals surface area contributed by atoms with E-state index in [1.165, 1.54) is 25.1 Å². The van der Waals surface area contributed by atoms with Crippen LogP contribution in [-0.4, -0.2) is 80.6 Å². The number of amides is 1. The van der Waals surface area contributed by atoms with Crippen LogP contribution in [0.5, 0.6) is 5.75 Å². The number of carbonyl (C=O) groups excluding carboxylic acids is 4. The van der Waals surface area contributed by atoms with Gasteiger partial charge in [0.05, 0.1) is 23.9 Å². The van der Waals surface area contributed by atoms with Crippen molar-refractivity contribution in [2.75, 3.05) is 14.1 Å². The highest BCUT2D eigenvalue weighted by molar-refractivity contribution is 6.24. The third kappa shape index (κ3) is 4.11. The maximum atomic E-state index is 14.2. The predicted molar refractivity (Wildman–Crippen MR) is 149 cm³/mol. The second kappa shape index (κ2) is 10.1. The number of aliphatic hydroxyl groups excluding tert-OH is 2. The molecule has 0 unspecified atom stereocenters. The zero-order valence-corrected chi connectivity index (χ0v) is 23.5. The Bertz CT molecular complexity index is 1590. The summed E-state index contributed by atoms with van der Waals surface area (Å²) in [5.41, 5.74) is 3.06. The number of phenolic OH excluding ortho intramolecular Hbond substituents is 1. The minimum atomic E-state index is -2.98. The zero-order chi connectivity index (χ0) is 30.8. The summed E-state index contributed by atoms with van der Waals surface area (Å²) in [6.45, 7) is 3.60. The highest BCUT2D eigenvalue weighted by atomic mass is 16.5. The molecule has 1 amide bonds. The fourth-order valence-electron chi connectivity index (χ4n) is 6.75. The van der Waals surface area contributed by atoms with Crippen LogP contribution < -0.4 is 5.73 Å². The van der Waals surface area contributed by atoms with Gasteiger partial charge in [-0.05, 0) is 44.1 Å². The Morgan fingerprint density at radius 2 is 1.69 bits per heavy atom. The number of benzene rings is 2. The van der Waals surface area contributed by atoms with Crippen LogP contribution in [0.15, 0.2) is 59.4 Å². The van der Waals surface area contributed by atoms with Gasteiger partial charge in [-0.2, -0.15) is 0 Å². The number of ketones is 2. The molecule has 42 heavy (non-hydrogen) atoms. The smallest absolute Gasteiger partial charge is 0.310 e. The summed E-state index contributed by atoms with van der Waals surface area (Å²) in [6.07, 6.45) is -1.64. The molecule has 0 aliphatic heterocycles. The van der Waals surface area contributed by atoms with Crippen molar-refractivity contribution in [3.8, 4) is 5.75 Å². The first kappa shape index (κ1) is 29.0. The lowest BCUT2D eigenvalue weighted by molar-refractivity contribution is -0.185. The van der Waals surface area contributed by atoms with Crippen LogP contribution in [0.4, 0.5) is 0 Å². The summed E-state index contributed by atoms with van der Waals surface area (Å²) in [4.78, 5) is 55.0. The van der Waals surface area contributed by atoms with Crippen LogP contribution >= 0.6 is 0 Å². The van der Waals surface area contributed by atoms with Gasteiger partial charge in [0.25, 0.3) is 5.91 Å². The molecule has 11 heteroatoms. The van der Waals surface area contributed by atoms with Gasteiger partial charge in [0.1, 0.15) is 28.9 Å². The highest BCUT2D eigenvalue weighted by Gasteiger charge is 2.69. The summed E-state index contributed by atoms with van der Waals surface area (Å²) in [7, 11) is 2.94. The Morgan fingerprint density at radius 1 is 1.05 bits per heavy atom. The van der Waals surface area contributed by atoms with Crippen molar-refractivity contribution in [1.29, 1.82) is 0 Å². The lowest BCUT2D eigenvalue weighted by atomic mass is 9.54. The van der Waals surface area contributed by atoms with Crippen molar-refractivity contribution in [1.82, 2.24) is 4.90 Å². The first-order chi connectivity index (χ1) is 19.7. The van der Waals surface area contributed by atoms with E-state index in [0.29, 0.717) is 11.1 Å². The Kier molecular flexibility index (Phi) is 6.99. The summed E-state index contributed by atoms with van der Waals surface area (Å²) in [5, 5.41) is 45.3. The van der Waals surface area contributed by atoms with Gasteiger partial charge in [-0.3, -0.25) is 24.1 Å². The van der Waals surface area contributed by atoms with Gasteiger partial charge in [0.2, 0.25) is 5.78 Å². The molecule has 0 spiro atoms. The minimum Gasteiger partial charge on any atom is -0.508 e. The molecular weight excluding hydrogens is 544 g/mol. The van der Waals surface area contributed by atoms with Crippen LogP contribution in [0.1, 0.15) is 35.1 Å². The van der Waals surface area contributed by atoms with Crippen molar-refractivity contribution < 1.29 is 44.3 Å². The summed E-state index contributed by atoms with van der Waals surface area (Å²) >= 11 is 0. The quantitative estimate of drug-likeness (QED) is 0.258. The average molecular weight is 577 g/mol. The lowest BCUT2D eigenvalue weighted by Crippen LogP contribution is -2.71. The van der Waals surface area contributed by atoms with Gasteiger partial charge in [0, 0.05) is 11.5 Å². The number of phenols is 1. The number of Topliss-reactive ketones (excluding diaryl/α,β-unsaturated/α-hetero) is 2. The Morgan fingerprint density at radius 3 is 2.29 bits per heavy atom. The highest BCUT2D eigenvalue weighted by Crippen LogP contribution is 2.56. The molecule has 0 bridgehead atoms. The molecule has 1 saturated carbocycles. The van der Waals surface area contributed by atoms with Gasteiger partial charge in [-0.15, -0.1) is 0 Å². The van der Waals surface area contributed by atoms with E-state index in [2.05, 4.69) is 0 Å². The van der Waals surface area contributed by atoms with E-state index >= 15 is 0 Å². The van der Waals surface area contributed by atoms with Crippen molar-refractivity contribution >= 4 is 29.2 Å². The number of aliphatic hydroxyl groups is 3. The number of hydrogen-bond acceptors (Lipinski definition) is 10. The van der Waals surface area contributed by atoms with Crippen LogP contribution in [-0.2, 0) is 30.3 Å². The van der Waals surface area contributed by atoms with Crippen molar-refractivity contribution in [2.24, 2.45) is 17.6 Å². The third-order valence-corrected chi connectivity index (χ3v) is 8.70. The summed E-state index contributed by atoms with van der Waals surface area (Å²) in [5.74, 6) is -9.92. The summed E-state index contributed by atoms with van der Waals surface area (Å²) < 4.78 is 6.03. The number of aryl methyl sites for hydroxylation is 1. The normalized spacial score (nSPS) is 28.8. The van der Waals surface area contributed by atoms with E-state index in [1.54, 1.807) is 31.2 Å². The lowest BCUT2D eigenvalue weighted by Gasteiger charge is -2.54. The van der Waals surface area contributed by atoms with Crippen LogP contribution in [0.3, 0.4) is 0 Å². The molecule has 0 saturated heterocycles. The largest absolute Gasteiger partial charge is 0.508 e. The second-order valence-electron chi connectivity index (χ2n) is 11.4. The zero-order valence-electron chi connectivity index (χ0n) is 23.5. The molecule has 2 aromatic rings. The Labute approximate surface area is 241 Å². The molecule has 2 aromatic carbocycles. The van der Waals surface area contributed by atoms with E-state index in [9.17, 15) is 39.6 Å². The van der Waals surface area contributed by atoms with Crippen LogP contribution in [0.25, 0.3) is 5.76 Å². The van der Waals surface area contributed by atoms with Crippen molar-refractivity contribution in [3.05, 3.63) is 81.6 Å². The second-order valence-corrected chi connectivity index (χ2v) is 11.4. The standard InChI is InChI=1S/C31H32N2O9/c1-13-8-10-15(11-9-13)12-18(35)42-27-19-14(2)16-6-5-7-17(34)20(16)25(36)21(19)28(38)31(41)23(27)24(33(3)4)26(37)22(29(31)39)30(32)40/h5-11,14,19,23-24,27,34,36,39,41H,12H2,1-4H3,(H2,32,40)/t14-,19+,23+,24-,27-,31-/m1/s1. The third-order valence-electron chi connectivity index (χ3n) is 8.70. The minimum absolute atomic E-state index is 0.0500. The molecule has 11 nitrogen and oxygen atoms in total. The van der Waals surface area contributed by atoms with Crippen LogP contribution in [0, 0.1) is 18.8 Å². The molecule has 3 aliphatic rings. The number of fused-ring (bicyclic) bond motifs is 3. The molecule has 0 radical (unpaired) electrons. The Balaban J connectivity index is 1.76. The number of hydrogen-bond donors (Lipinski definition) is 5. The van der Waals surface area contributed by atoms with Crippen molar-refractivity contribution in [3.63, 3.8) is 0 Å². The molecule has 3 aliphatic carbocycles. The monoisotopic (exact) mass is 576 g/mol. The van der Waals surface area contributed by atoms with Gasteiger partial charge in [-0.25, -0.2) is 0 Å². The molecule has 5 rings (SSSR count). The van der Waals surface area contributed by atoms with Gasteiger partial charge < -0.3 is 30.9 Å². The average Bonchev–Trinajstić information content (AvgIpc) is 2.91. The number of aromatic hydroxyl groups is 1. The van der Waals surface area contributed by atoms with E-state index in [1.807, 2.05) is 19.1 Å². The number of likely N-dealkylation sites (N-methyl/N-ethyl adjacent to an activating group) is 1. The van der Waals surface area contributed by atoms with E-state index in [-0.39, 0.29) is 17.7 Å². The predicted octanol–water partition coefficient (Wildman–Crippen LogP) is 1.60. The molecule has 0 heterocycles. The maximum Gasteiger partial charge on any atom is 0.310 e. The molecular formula is C31H32N2O9. The number of nitrogens with zero attached hydrogens (tertiary/aromatic N) is 1. The summed E-state index contributed by atoms with van der Waals surface area (Å²) in [6, 6.07) is 10.2. The van der Waals surface area contributed by atoms with Crippen LogP contribution in [0.2, 0.25) is 0 Å². The van der Waals surface area contributed by atoms with Gasteiger partial charge in [-0.1, -0.05) is 48.9 Å².